The van der Waals surface area contributed by atoms with Crippen molar-refractivity contribution in [2.45, 2.75) is 4.90 Å². The maximum absolute atomic E-state index is 12.2. The minimum Gasteiger partial charge on any atom is -0.508 e. The molecule has 2 aromatic rings. The molecule has 2 N–H and O–H groups in total. The number of hydrogen-bond acceptors (Lipinski definition) is 5. The van der Waals surface area contributed by atoms with Gasteiger partial charge >= 0.3 is 0 Å². The highest BCUT2D eigenvalue weighted by Gasteiger charge is 2.18. The first-order chi connectivity index (χ1) is 9.54. The number of ether oxygens (including phenoxy) is 2. The number of phenolic OH excluding ortho intramolecular Hbond substituents is 1. The number of hydrogen-bond donors (Lipinski definition) is 2. The van der Waals surface area contributed by atoms with Gasteiger partial charge in [0.1, 0.15) is 5.75 Å². The van der Waals surface area contributed by atoms with Gasteiger partial charge in [-0.25, -0.2) is 8.42 Å². The predicted octanol–water partition coefficient (Wildman–Crippen LogP) is 1.92. The summed E-state index contributed by atoms with van der Waals surface area (Å²) in [5.41, 5.74) is 0.359. The molecule has 0 atom stereocenters. The van der Waals surface area contributed by atoms with Crippen molar-refractivity contribution in [1.82, 2.24) is 0 Å². The standard InChI is InChI=1S/C13H11NO5S/c15-10-2-1-3-11(7-10)20(16,17)14-9-4-5-12-13(6-9)19-8-18-12/h1-7,14-15H,8H2. The summed E-state index contributed by atoms with van der Waals surface area (Å²) in [7, 11) is -3.76. The van der Waals surface area contributed by atoms with Gasteiger partial charge in [-0.2, -0.15) is 0 Å². The van der Waals surface area contributed by atoms with Crippen molar-refractivity contribution < 1.29 is 23.0 Å². The van der Waals surface area contributed by atoms with Crippen LogP contribution in [-0.2, 0) is 10.0 Å². The van der Waals surface area contributed by atoms with E-state index in [2.05, 4.69) is 4.72 Å². The Bertz CT molecular complexity index is 757. The third-order valence-corrected chi connectivity index (χ3v) is 4.13. The van der Waals surface area contributed by atoms with Gasteiger partial charge in [-0.05, 0) is 24.3 Å². The van der Waals surface area contributed by atoms with Gasteiger partial charge in [0.05, 0.1) is 10.6 Å². The lowest BCUT2D eigenvalue weighted by atomic mass is 10.3. The van der Waals surface area contributed by atoms with Crippen LogP contribution in [-0.4, -0.2) is 20.3 Å². The van der Waals surface area contributed by atoms with Crippen molar-refractivity contribution in [3.8, 4) is 17.2 Å². The number of sulfonamides is 1. The Balaban J connectivity index is 1.90. The van der Waals surface area contributed by atoms with E-state index in [1.54, 1.807) is 18.2 Å². The van der Waals surface area contributed by atoms with E-state index < -0.39 is 10.0 Å². The first-order valence-corrected chi connectivity index (χ1v) is 7.24. The van der Waals surface area contributed by atoms with Crippen LogP contribution < -0.4 is 14.2 Å². The maximum atomic E-state index is 12.2. The Labute approximate surface area is 115 Å². The Morgan fingerprint density at radius 2 is 1.85 bits per heavy atom. The molecular formula is C13H11NO5S. The molecule has 0 bridgehead atoms. The predicted molar refractivity (Wildman–Crippen MR) is 71.5 cm³/mol. The molecule has 3 rings (SSSR count). The summed E-state index contributed by atoms with van der Waals surface area (Å²) in [4.78, 5) is -0.0184. The molecule has 1 aliphatic heterocycles. The molecule has 0 aliphatic carbocycles. The second-order valence-electron chi connectivity index (χ2n) is 4.17. The quantitative estimate of drug-likeness (QED) is 0.903. The fourth-order valence-electron chi connectivity index (χ4n) is 1.82. The van der Waals surface area contributed by atoms with Crippen molar-refractivity contribution in [2.24, 2.45) is 0 Å². The van der Waals surface area contributed by atoms with Gasteiger partial charge in [0.2, 0.25) is 6.79 Å². The highest BCUT2D eigenvalue weighted by atomic mass is 32.2. The average molecular weight is 293 g/mol. The molecule has 0 unspecified atom stereocenters. The van der Waals surface area contributed by atoms with Gasteiger partial charge in [0.15, 0.2) is 11.5 Å². The van der Waals surface area contributed by atoms with Crippen molar-refractivity contribution in [2.75, 3.05) is 11.5 Å². The number of fused-ring (bicyclic) bond motifs is 1. The number of aromatic hydroxyl groups is 1. The Hall–Kier alpha value is -2.41. The smallest absolute Gasteiger partial charge is 0.262 e. The minimum atomic E-state index is -3.76. The molecule has 0 spiro atoms. The number of rotatable bonds is 3. The SMILES string of the molecule is O=S(=O)(Nc1ccc2c(c1)OCO2)c1cccc(O)c1. The van der Waals surface area contributed by atoms with Crippen LogP contribution in [0.3, 0.4) is 0 Å². The van der Waals surface area contributed by atoms with Crippen LogP contribution in [0.5, 0.6) is 17.2 Å². The van der Waals surface area contributed by atoms with Crippen molar-refractivity contribution in [3.63, 3.8) is 0 Å². The van der Waals surface area contributed by atoms with Gasteiger partial charge in [0.25, 0.3) is 10.0 Å². The molecule has 0 aromatic heterocycles. The number of nitrogens with one attached hydrogen (secondary N) is 1. The molecule has 7 heteroatoms. The normalized spacial score (nSPS) is 13.2. The van der Waals surface area contributed by atoms with E-state index in [1.807, 2.05) is 0 Å². The zero-order valence-corrected chi connectivity index (χ0v) is 11.1. The average Bonchev–Trinajstić information content (AvgIpc) is 2.85. The van der Waals surface area contributed by atoms with Gasteiger partial charge in [-0.1, -0.05) is 6.07 Å². The van der Waals surface area contributed by atoms with E-state index in [-0.39, 0.29) is 17.4 Å². The van der Waals surface area contributed by atoms with Gasteiger partial charge < -0.3 is 14.6 Å². The summed E-state index contributed by atoms with van der Waals surface area (Å²) in [5.74, 6) is 0.949. The van der Waals surface area contributed by atoms with E-state index in [4.69, 9.17) is 9.47 Å². The van der Waals surface area contributed by atoms with Gasteiger partial charge in [-0.3, -0.25) is 4.72 Å². The Morgan fingerprint density at radius 3 is 2.65 bits per heavy atom. The monoisotopic (exact) mass is 293 g/mol. The van der Waals surface area contributed by atoms with Crippen LogP contribution >= 0.6 is 0 Å². The number of phenols is 1. The van der Waals surface area contributed by atoms with Crippen LogP contribution in [0.15, 0.2) is 47.4 Å². The third kappa shape index (κ3) is 2.35. The molecule has 0 amide bonds. The molecule has 20 heavy (non-hydrogen) atoms. The lowest BCUT2D eigenvalue weighted by molar-refractivity contribution is 0.174. The Kier molecular flexibility index (Phi) is 2.90. The molecule has 0 radical (unpaired) electrons. The largest absolute Gasteiger partial charge is 0.508 e. The van der Waals surface area contributed by atoms with E-state index in [9.17, 15) is 13.5 Å². The van der Waals surface area contributed by atoms with Crippen LogP contribution in [0.25, 0.3) is 0 Å². The molecular weight excluding hydrogens is 282 g/mol. The van der Waals surface area contributed by atoms with Crippen molar-refractivity contribution in [3.05, 3.63) is 42.5 Å². The first-order valence-electron chi connectivity index (χ1n) is 5.76. The number of anilines is 1. The lowest BCUT2D eigenvalue weighted by Gasteiger charge is -2.08. The van der Waals surface area contributed by atoms with Crippen LogP contribution in [0, 0.1) is 0 Å². The second-order valence-corrected chi connectivity index (χ2v) is 5.85. The van der Waals surface area contributed by atoms with Crippen LogP contribution in [0.2, 0.25) is 0 Å². The van der Waals surface area contributed by atoms with Crippen molar-refractivity contribution >= 4 is 15.7 Å². The lowest BCUT2D eigenvalue weighted by Crippen LogP contribution is -2.12. The summed E-state index contributed by atoms with van der Waals surface area (Å²) < 4.78 is 37.1. The fourth-order valence-corrected chi connectivity index (χ4v) is 2.91. The van der Waals surface area contributed by atoms with Crippen LogP contribution in [0.1, 0.15) is 0 Å². The van der Waals surface area contributed by atoms with E-state index >= 15 is 0 Å². The third-order valence-electron chi connectivity index (χ3n) is 2.75. The summed E-state index contributed by atoms with van der Waals surface area (Å²) in [6.45, 7) is 0.123. The van der Waals surface area contributed by atoms with Crippen LogP contribution in [0.4, 0.5) is 5.69 Å². The van der Waals surface area contributed by atoms with Gasteiger partial charge in [0, 0.05) is 12.1 Å². The molecule has 0 saturated carbocycles. The first kappa shape index (κ1) is 12.6. The zero-order valence-electron chi connectivity index (χ0n) is 10.2. The molecule has 2 aromatic carbocycles. The molecule has 104 valence electrons. The van der Waals surface area contributed by atoms with Gasteiger partial charge in [-0.15, -0.1) is 0 Å². The molecule has 6 nitrogen and oxygen atoms in total. The topological polar surface area (TPSA) is 84.9 Å². The highest BCUT2D eigenvalue weighted by molar-refractivity contribution is 7.92. The summed E-state index contributed by atoms with van der Waals surface area (Å²) in [6, 6.07) is 10.2. The Morgan fingerprint density at radius 1 is 1.05 bits per heavy atom. The summed E-state index contributed by atoms with van der Waals surface area (Å²) in [6.07, 6.45) is 0. The zero-order chi connectivity index (χ0) is 14.2. The van der Waals surface area contributed by atoms with E-state index in [1.165, 1.54) is 24.3 Å². The highest BCUT2D eigenvalue weighted by Crippen LogP contribution is 2.34. The number of benzene rings is 2. The summed E-state index contributed by atoms with van der Waals surface area (Å²) >= 11 is 0. The molecule has 1 heterocycles. The van der Waals surface area contributed by atoms with Crippen molar-refractivity contribution in [1.29, 1.82) is 0 Å². The van der Waals surface area contributed by atoms with E-state index in [0.29, 0.717) is 17.2 Å². The molecule has 1 aliphatic rings. The minimum absolute atomic E-state index is 0.0184. The fraction of sp³-hybridized carbons (Fsp3) is 0.0769. The second kappa shape index (κ2) is 4.61. The van der Waals surface area contributed by atoms with E-state index in [0.717, 1.165) is 0 Å². The molecule has 0 fully saturated rings. The maximum Gasteiger partial charge on any atom is 0.262 e. The summed E-state index contributed by atoms with van der Waals surface area (Å²) in [5, 5.41) is 9.34. The molecule has 0 saturated heterocycles.